The second-order valence-corrected chi connectivity index (χ2v) is 7.66. The first-order chi connectivity index (χ1) is 13.6. The number of imidazole rings is 1. The van der Waals surface area contributed by atoms with Gasteiger partial charge < -0.3 is 24.0 Å². The number of carbonyl (C=O) groups is 2. The number of nitrogens with zero attached hydrogens (tertiary/aromatic N) is 4. The van der Waals surface area contributed by atoms with E-state index in [4.69, 9.17) is 9.26 Å². The highest BCUT2D eigenvalue weighted by Crippen LogP contribution is 2.41. The van der Waals surface area contributed by atoms with Crippen molar-refractivity contribution in [2.75, 3.05) is 32.8 Å². The molecular formula is C19H25N5O4. The van der Waals surface area contributed by atoms with Gasteiger partial charge in [-0.1, -0.05) is 5.16 Å². The lowest BCUT2D eigenvalue weighted by atomic mass is 9.80. The molecule has 0 bridgehead atoms. The van der Waals surface area contributed by atoms with Gasteiger partial charge in [0.25, 0.3) is 0 Å². The van der Waals surface area contributed by atoms with Crippen LogP contribution in [0.5, 0.6) is 0 Å². The van der Waals surface area contributed by atoms with Crippen LogP contribution in [-0.4, -0.2) is 64.3 Å². The first-order valence-electron chi connectivity index (χ1n) is 9.58. The van der Waals surface area contributed by atoms with Crippen LogP contribution in [0.4, 0.5) is 0 Å². The van der Waals surface area contributed by atoms with Crippen LogP contribution in [0.3, 0.4) is 0 Å². The topological polar surface area (TPSA) is 102 Å². The molecule has 0 saturated carbocycles. The van der Waals surface area contributed by atoms with Gasteiger partial charge >= 0.3 is 0 Å². The number of fused-ring (bicyclic) bond motifs is 1. The maximum absolute atomic E-state index is 13.0. The van der Waals surface area contributed by atoms with Crippen LogP contribution >= 0.6 is 0 Å². The first-order valence-corrected chi connectivity index (χ1v) is 9.58. The van der Waals surface area contributed by atoms with Gasteiger partial charge in [0.2, 0.25) is 11.8 Å². The van der Waals surface area contributed by atoms with E-state index in [1.54, 1.807) is 23.5 Å². The van der Waals surface area contributed by atoms with Crippen molar-refractivity contribution < 1.29 is 18.8 Å². The molecule has 2 fully saturated rings. The smallest absolute Gasteiger partial charge is 0.230 e. The van der Waals surface area contributed by atoms with Gasteiger partial charge in [-0.15, -0.1) is 0 Å². The van der Waals surface area contributed by atoms with Gasteiger partial charge in [0.05, 0.1) is 37.1 Å². The SMILES string of the molecule is Cc1cc(CC(=O)N2C[C@H]3COC[C@@]3(C(=O)NCCCn3ccnc3)C2)on1. The molecule has 0 radical (unpaired) electrons. The summed E-state index contributed by atoms with van der Waals surface area (Å²) in [5, 5.41) is 6.86. The van der Waals surface area contributed by atoms with Crippen molar-refractivity contribution in [1.82, 2.24) is 24.9 Å². The van der Waals surface area contributed by atoms with Crippen LogP contribution in [0.2, 0.25) is 0 Å². The second-order valence-electron chi connectivity index (χ2n) is 7.66. The molecule has 150 valence electrons. The van der Waals surface area contributed by atoms with Crippen LogP contribution in [0.1, 0.15) is 17.9 Å². The molecule has 0 spiro atoms. The molecule has 2 amide bonds. The number of carbonyl (C=O) groups excluding carboxylic acids is 2. The van der Waals surface area contributed by atoms with Gasteiger partial charge in [-0.2, -0.15) is 0 Å². The molecule has 4 heterocycles. The summed E-state index contributed by atoms with van der Waals surface area (Å²) < 4.78 is 12.7. The minimum Gasteiger partial charge on any atom is -0.380 e. The molecule has 2 aromatic rings. The molecule has 2 aromatic heterocycles. The molecule has 28 heavy (non-hydrogen) atoms. The number of hydrogen-bond donors (Lipinski definition) is 1. The summed E-state index contributed by atoms with van der Waals surface area (Å²) in [6, 6.07) is 1.76. The van der Waals surface area contributed by atoms with Gasteiger partial charge in [0.15, 0.2) is 0 Å². The van der Waals surface area contributed by atoms with E-state index in [-0.39, 0.29) is 24.2 Å². The van der Waals surface area contributed by atoms with Gasteiger partial charge in [-0.25, -0.2) is 4.98 Å². The summed E-state index contributed by atoms with van der Waals surface area (Å²) in [5.41, 5.74) is 0.100. The second kappa shape index (κ2) is 7.75. The Kier molecular flexibility index (Phi) is 5.17. The molecule has 0 unspecified atom stereocenters. The number of aromatic nitrogens is 3. The minimum absolute atomic E-state index is 0.0218. The van der Waals surface area contributed by atoms with E-state index < -0.39 is 5.41 Å². The third-order valence-corrected chi connectivity index (χ3v) is 5.62. The van der Waals surface area contributed by atoms with Crippen molar-refractivity contribution >= 4 is 11.8 Å². The maximum atomic E-state index is 13.0. The highest BCUT2D eigenvalue weighted by Gasteiger charge is 2.56. The monoisotopic (exact) mass is 387 g/mol. The Morgan fingerprint density at radius 3 is 3.07 bits per heavy atom. The Morgan fingerprint density at radius 1 is 1.43 bits per heavy atom. The molecule has 2 aliphatic heterocycles. The fraction of sp³-hybridized carbons (Fsp3) is 0.579. The zero-order valence-electron chi connectivity index (χ0n) is 16.0. The average molecular weight is 387 g/mol. The Morgan fingerprint density at radius 2 is 2.32 bits per heavy atom. The van der Waals surface area contributed by atoms with Crippen molar-refractivity contribution in [2.24, 2.45) is 11.3 Å². The number of hydrogen-bond acceptors (Lipinski definition) is 6. The lowest BCUT2D eigenvalue weighted by Crippen LogP contribution is -2.47. The predicted octanol–water partition coefficient (Wildman–Crippen LogP) is 0.404. The third kappa shape index (κ3) is 3.66. The van der Waals surface area contributed by atoms with Crippen LogP contribution in [0.25, 0.3) is 0 Å². The van der Waals surface area contributed by atoms with Crippen LogP contribution in [0, 0.1) is 18.3 Å². The summed E-state index contributed by atoms with van der Waals surface area (Å²) in [5.74, 6) is 0.514. The van der Waals surface area contributed by atoms with Crippen molar-refractivity contribution in [3.05, 3.63) is 36.2 Å². The number of rotatable bonds is 7. The van der Waals surface area contributed by atoms with Gasteiger partial charge in [0, 0.05) is 50.6 Å². The van der Waals surface area contributed by atoms with E-state index in [1.165, 1.54) is 0 Å². The highest BCUT2D eigenvalue weighted by atomic mass is 16.5. The van der Waals surface area contributed by atoms with Crippen molar-refractivity contribution in [3.8, 4) is 0 Å². The number of likely N-dealkylation sites (tertiary alicyclic amines) is 1. The fourth-order valence-corrected chi connectivity index (χ4v) is 4.07. The maximum Gasteiger partial charge on any atom is 0.230 e. The van der Waals surface area contributed by atoms with E-state index in [2.05, 4.69) is 15.5 Å². The molecule has 1 N–H and O–H groups in total. The van der Waals surface area contributed by atoms with E-state index in [0.29, 0.717) is 38.6 Å². The van der Waals surface area contributed by atoms with Gasteiger partial charge in [0.1, 0.15) is 5.76 Å². The normalized spacial score (nSPS) is 23.8. The summed E-state index contributed by atoms with van der Waals surface area (Å²) >= 11 is 0. The largest absolute Gasteiger partial charge is 0.380 e. The van der Waals surface area contributed by atoms with Crippen LogP contribution < -0.4 is 5.32 Å². The van der Waals surface area contributed by atoms with E-state index in [0.717, 1.165) is 18.7 Å². The molecule has 4 rings (SSSR count). The Hall–Kier alpha value is -2.68. The summed E-state index contributed by atoms with van der Waals surface area (Å²) in [6.45, 7) is 4.99. The summed E-state index contributed by atoms with van der Waals surface area (Å²) in [6.07, 6.45) is 6.38. The summed E-state index contributed by atoms with van der Waals surface area (Å²) in [7, 11) is 0. The highest BCUT2D eigenvalue weighted by molar-refractivity contribution is 5.86. The molecule has 0 aliphatic carbocycles. The zero-order valence-corrected chi connectivity index (χ0v) is 16.0. The van der Waals surface area contributed by atoms with Crippen molar-refractivity contribution in [1.29, 1.82) is 0 Å². The predicted molar refractivity (Wildman–Crippen MR) is 98.1 cm³/mol. The Labute approximate surface area is 163 Å². The molecule has 9 nitrogen and oxygen atoms in total. The number of amides is 2. The molecule has 9 heteroatoms. The summed E-state index contributed by atoms with van der Waals surface area (Å²) in [4.78, 5) is 31.4. The molecule has 0 aromatic carbocycles. The van der Waals surface area contributed by atoms with Crippen LogP contribution in [-0.2, 0) is 27.3 Å². The fourth-order valence-electron chi connectivity index (χ4n) is 4.07. The number of aryl methyl sites for hydroxylation is 2. The quantitative estimate of drug-likeness (QED) is 0.690. The third-order valence-electron chi connectivity index (χ3n) is 5.62. The molecule has 2 saturated heterocycles. The van der Waals surface area contributed by atoms with Gasteiger partial charge in [-0.3, -0.25) is 9.59 Å². The average Bonchev–Trinajstić information content (AvgIpc) is 3.42. The van der Waals surface area contributed by atoms with Crippen LogP contribution in [0.15, 0.2) is 29.3 Å². The Balaban J connectivity index is 1.32. The molecular weight excluding hydrogens is 362 g/mol. The first kappa shape index (κ1) is 18.7. The molecule has 2 aliphatic rings. The Bertz CT molecular complexity index is 833. The lowest BCUT2D eigenvalue weighted by molar-refractivity contribution is -0.134. The van der Waals surface area contributed by atoms with E-state index in [9.17, 15) is 9.59 Å². The standard InChI is InChI=1S/C19H25N5O4/c1-14-7-16(28-22-14)8-17(25)24-9-15-10-27-12-19(15,11-24)18(26)21-3-2-5-23-6-4-20-13-23/h4,6-7,13,15H,2-3,5,8-12H2,1H3,(H,21,26)/t15-,19-/m0/s1. The van der Waals surface area contributed by atoms with Crippen molar-refractivity contribution in [2.45, 2.75) is 26.3 Å². The number of nitrogens with one attached hydrogen (secondary N) is 1. The zero-order chi connectivity index (χ0) is 19.6. The number of ether oxygens (including phenoxy) is 1. The minimum atomic E-state index is -0.651. The molecule has 2 atom stereocenters. The van der Waals surface area contributed by atoms with E-state index >= 15 is 0 Å². The lowest BCUT2D eigenvalue weighted by Gasteiger charge is -2.26. The van der Waals surface area contributed by atoms with E-state index in [1.807, 2.05) is 17.7 Å². The van der Waals surface area contributed by atoms with Crippen molar-refractivity contribution in [3.63, 3.8) is 0 Å². The van der Waals surface area contributed by atoms with Gasteiger partial charge in [-0.05, 0) is 13.3 Å².